The minimum atomic E-state index is -0.716. The van der Waals surface area contributed by atoms with E-state index in [1.54, 1.807) is 12.1 Å². The van der Waals surface area contributed by atoms with Crippen molar-refractivity contribution in [2.45, 2.75) is 38.5 Å². The number of morpholine rings is 1. The van der Waals surface area contributed by atoms with Crippen LogP contribution in [0.1, 0.15) is 19.4 Å². The first-order valence-electron chi connectivity index (χ1n) is 6.95. The standard InChI is InChI=1S/C15H21ClFNO2/c1-10(2)18-5-6-20-15(9-18)14(19)7-11-3-4-12(16)8-13(11)17/h3-4,8,10,14-15,19H,5-7,9H2,1-2H3. The lowest BCUT2D eigenvalue weighted by molar-refractivity contribution is -0.0942. The van der Waals surface area contributed by atoms with E-state index >= 15 is 0 Å². The number of benzene rings is 1. The van der Waals surface area contributed by atoms with Crippen LogP contribution in [0.2, 0.25) is 5.02 Å². The van der Waals surface area contributed by atoms with Crippen LogP contribution < -0.4 is 0 Å². The zero-order chi connectivity index (χ0) is 14.7. The van der Waals surface area contributed by atoms with Crippen molar-refractivity contribution in [1.82, 2.24) is 4.90 Å². The maximum Gasteiger partial charge on any atom is 0.127 e. The molecule has 2 unspecified atom stereocenters. The van der Waals surface area contributed by atoms with E-state index in [0.29, 0.717) is 29.8 Å². The molecule has 5 heteroatoms. The molecule has 0 spiro atoms. The number of aliphatic hydroxyl groups excluding tert-OH is 1. The molecule has 0 bridgehead atoms. The Morgan fingerprint density at radius 3 is 2.90 bits per heavy atom. The Balaban J connectivity index is 1.98. The van der Waals surface area contributed by atoms with Gasteiger partial charge >= 0.3 is 0 Å². The smallest absolute Gasteiger partial charge is 0.127 e. The highest BCUT2D eigenvalue weighted by Gasteiger charge is 2.28. The maximum atomic E-state index is 13.7. The molecule has 1 aliphatic rings. The minimum absolute atomic E-state index is 0.236. The molecule has 1 aliphatic heterocycles. The molecule has 0 aliphatic carbocycles. The Bertz CT molecular complexity index is 455. The lowest BCUT2D eigenvalue weighted by Gasteiger charge is -2.37. The van der Waals surface area contributed by atoms with Crippen molar-refractivity contribution in [3.05, 3.63) is 34.6 Å². The van der Waals surface area contributed by atoms with Crippen molar-refractivity contribution < 1.29 is 14.2 Å². The summed E-state index contributed by atoms with van der Waals surface area (Å²) in [6.45, 7) is 6.38. The van der Waals surface area contributed by atoms with Gasteiger partial charge in [0.1, 0.15) is 5.82 Å². The fraction of sp³-hybridized carbons (Fsp3) is 0.600. The van der Waals surface area contributed by atoms with Crippen LogP contribution in [0.4, 0.5) is 4.39 Å². The third-order valence-corrected chi connectivity index (χ3v) is 3.96. The zero-order valence-electron chi connectivity index (χ0n) is 11.9. The molecule has 20 heavy (non-hydrogen) atoms. The Morgan fingerprint density at radius 2 is 2.25 bits per heavy atom. The van der Waals surface area contributed by atoms with E-state index in [4.69, 9.17) is 16.3 Å². The van der Waals surface area contributed by atoms with E-state index in [0.717, 1.165) is 6.54 Å². The summed E-state index contributed by atoms with van der Waals surface area (Å²) in [5, 5.41) is 10.6. The first kappa shape index (κ1) is 15.7. The molecule has 0 saturated carbocycles. The lowest BCUT2D eigenvalue weighted by Crippen LogP contribution is -2.50. The SMILES string of the molecule is CC(C)N1CCOC(C(O)Cc2ccc(Cl)cc2F)C1. The van der Waals surface area contributed by atoms with E-state index in [1.165, 1.54) is 6.07 Å². The van der Waals surface area contributed by atoms with Gasteiger partial charge in [0.25, 0.3) is 0 Å². The van der Waals surface area contributed by atoms with Crippen LogP contribution in [-0.4, -0.2) is 48.0 Å². The second-order valence-electron chi connectivity index (χ2n) is 5.51. The van der Waals surface area contributed by atoms with Crippen molar-refractivity contribution >= 4 is 11.6 Å². The maximum absolute atomic E-state index is 13.7. The van der Waals surface area contributed by atoms with Gasteiger partial charge in [-0.25, -0.2) is 4.39 Å². The van der Waals surface area contributed by atoms with Crippen molar-refractivity contribution in [1.29, 1.82) is 0 Å². The monoisotopic (exact) mass is 301 g/mol. The third kappa shape index (κ3) is 3.92. The first-order valence-corrected chi connectivity index (χ1v) is 7.33. The first-order chi connectivity index (χ1) is 9.47. The Hall–Kier alpha value is -0.680. The summed E-state index contributed by atoms with van der Waals surface area (Å²) < 4.78 is 19.4. The molecule has 0 radical (unpaired) electrons. The summed E-state index contributed by atoms with van der Waals surface area (Å²) in [6, 6.07) is 4.94. The fourth-order valence-electron chi connectivity index (χ4n) is 2.44. The number of halogens is 2. The van der Waals surface area contributed by atoms with Crippen LogP contribution in [0.5, 0.6) is 0 Å². The highest BCUT2D eigenvalue weighted by molar-refractivity contribution is 6.30. The second-order valence-corrected chi connectivity index (χ2v) is 5.94. The van der Waals surface area contributed by atoms with E-state index in [2.05, 4.69) is 18.7 Å². The molecule has 1 N–H and O–H groups in total. The summed E-state index contributed by atoms with van der Waals surface area (Å²) in [6.07, 6.45) is -0.756. The average Bonchev–Trinajstić information content (AvgIpc) is 2.42. The molecule has 0 amide bonds. The summed E-state index contributed by atoms with van der Waals surface area (Å²) in [5.74, 6) is -0.381. The summed E-state index contributed by atoms with van der Waals surface area (Å²) >= 11 is 5.72. The number of hydrogen-bond acceptors (Lipinski definition) is 3. The molecular weight excluding hydrogens is 281 g/mol. The van der Waals surface area contributed by atoms with Crippen molar-refractivity contribution in [2.24, 2.45) is 0 Å². The Labute approximate surface area is 124 Å². The van der Waals surface area contributed by atoms with Gasteiger partial charge in [0, 0.05) is 30.6 Å². The van der Waals surface area contributed by atoms with Gasteiger partial charge in [-0.3, -0.25) is 4.90 Å². The minimum Gasteiger partial charge on any atom is -0.390 e. The van der Waals surface area contributed by atoms with E-state index in [-0.39, 0.29) is 18.3 Å². The van der Waals surface area contributed by atoms with E-state index in [9.17, 15) is 9.50 Å². The van der Waals surface area contributed by atoms with Crippen LogP contribution in [0, 0.1) is 5.82 Å². The van der Waals surface area contributed by atoms with Gasteiger partial charge < -0.3 is 9.84 Å². The third-order valence-electron chi connectivity index (χ3n) is 3.73. The van der Waals surface area contributed by atoms with Crippen LogP contribution in [0.3, 0.4) is 0 Å². The van der Waals surface area contributed by atoms with E-state index < -0.39 is 6.10 Å². The summed E-state index contributed by atoms with van der Waals surface area (Å²) in [7, 11) is 0. The van der Waals surface area contributed by atoms with Gasteiger partial charge in [-0.1, -0.05) is 17.7 Å². The highest BCUT2D eigenvalue weighted by Crippen LogP contribution is 2.19. The molecular formula is C15H21ClFNO2. The van der Waals surface area contributed by atoms with Gasteiger partial charge in [0.2, 0.25) is 0 Å². The van der Waals surface area contributed by atoms with Gasteiger partial charge in [0.15, 0.2) is 0 Å². The van der Waals surface area contributed by atoms with Crippen molar-refractivity contribution in [3.8, 4) is 0 Å². The van der Waals surface area contributed by atoms with Crippen LogP contribution >= 0.6 is 11.6 Å². The Kier molecular flexibility index (Phi) is 5.38. The molecule has 1 fully saturated rings. The van der Waals surface area contributed by atoms with Gasteiger partial charge in [-0.15, -0.1) is 0 Å². The molecule has 2 rings (SSSR count). The van der Waals surface area contributed by atoms with Crippen LogP contribution in [0.25, 0.3) is 0 Å². The Morgan fingerprint density at radius 1 is 1.50 bits per heavy atom. The van der Waals surface area contributed by atoms with Gasteiger partial charge in [-0.05, 0) is 31.5 Å². The molecule has 2 atom stereocenters. The van der Waals surface area contributed by atoms with Crippen LogP contribution in [-0.2, 0) is 11.2 Å². The van der Waals surface area contributed by atoms with Crippen molar-refractivity contribution in [2.75, 3.05) is 19.7 Å². The van der Waals surface area contributed by atoms with Crippen LogP contribution in [0.15, 0.2) is 18.2 Å². The fourth-order valence-corrected chi connectivity index (χ4v) is 2.60. The number of rotatable bonds is 4. The molecule has 1 saturated heterocycles. The number of nitrogens with zero attached hydrogens (tertiary/aromatic N) is 1. The molecule has 3 nitrogen and oxygen atoms in total. The molecule has 112 valence electrons. The summed E-state index contributed by atoms with van der Waals surface area (Å²) in [5.41, 5.74) is 0.465. The highest BCUT2D eigenvalue weighted by atomic mass is 35.5. The largest absolute Gasteiger partial charge is 0.390 e. The topological polar surface area (TPSA) is 32.7 Å². The number of ether oxygens (including phenoxy) is 1. The predicted octanol–water partition coefficient (Wildman–Crippen LogP) is 2.49. The molecule has 1 aromatic rings. The van der Waals surface area contributed by atoms with Gasteiger partial charge in [-0.2, -0.15) is 0 Å². The molecule has 0 aromatic heterocycles. The summed E-state index contributed by atoms with van der Waals surface area (Å²) in [4.78, 5) is 2.26. The normalized spacial score (nSPS) is 22.2. The van der Waals surface area contributed by atoms with E-state index in [1.807, 2.05) is 0 Å². The molecule has 1 heterocycles. The zero-order valence-corrected chi connectivity index (χ0v) is 12.6. The van der Waals surface area contributed by atoms with Crippen molar-refractivity contribution in [3.63, 3.8) is 0 Å². The lowest BCUT2D eigenvalue weighted by atomic mass is 10.0. The predicted molar refractivity (Wildman–Crippen MR) is 77.6 cm³/mol. The number of aliphatic hydroxyl groups is 1. The second kappa shape index (κ2) is 6.85. The average molecular weight is 302 g/mol. The van der Waals surface area contributed by atoms with Gasteiger partial charge in [0.05, 0.1) is 18.8 Å². The molecule has 1 aromatic carbocycles. The quantitative estimate of drug-likeness (QED) is 0.927. The number of hydrogen-bond donors (Lipinski definition) is 1.